The van der Waals surface area contributed by atoms with Gasteiger partial charge in [0.1, 0.15) is 0 Å². The summed E-state index contributed by atoms with van der Waals surface area (Å²) in [5, 5.41) is 18.6. The molecule has 0 aliphatic heterocycles. The molecule has 0 radical (unpaired) electrons. The Morgan fingerprint density at radius 2 is 1.96 bits per heavy atom. The fourth-order valence-electron chi connectivity index (χ4n) is 1.96. The molecule has 4 aromatic heterocycles. The molecular weight excluding hydrogens is 346 g/mol. The minimum Gasteiger partial charge on any atom is -0.419 e. The zero-order chi connectivity index (χ0) is 16.4. The highest BCUT2D eigenvalue weighted by Crippen LogP contribution is 2.35. The first-order chi connectivity index (χ1) is 11.8. The topological polar surface area (TPSA) is 90.7 Å². The molecule has 0 saturated heterocycles. The van der Waals surface area contributed by atoms with Crippen LogP contribution in [0.25, 0.3) is 22.2 Å². The highest BCUT2D eigenvalue weighted by atomic mass is 32.2. The number of hydrogen-bond donors (Lipinski definition) is 0. The van der Waals surface area contributed by atoms with Crippen molar-refractivity contribution >= 4 is 23.1 Å². The molecule has 9 heteroatoms. The summed E-state index contributed by atoms with van der Waals surface area (Å²) in [4.78, 5) is 4.99. The minimum atomic E-state index is -0.103. The van der Waals surface area contributed by atoms with Gasteiger partial charge in [-0.2, -0.15) is 0 Å². The largest absolute Gasteiger partial charge is 0.419 e. The van der Waals surface area contributed by atoms with E-state index in [1.807, 2.05) is 36.6 Å². The van der Waals surface area contributed by atoms with Crippen LogP contribution < -0.4 is 0 Å². The molecule has 0 amide bonds. The average molecular weight is 357 g/mol. The molecule has 4 rings (SSSR count). The first kappa shape index (κ1) is 15.0. The monoisotopic (exact) mass is 357 g/mol. The predicted molar refractivity (Wildman–Crippen MR) is 89.4 cm³/mol. The van der Waals surface area contributed by atoms with Crippen molar-refractivity contribution in [3.63, 3.8) is 0 Å². The van der Waals surface area contributed by atoms with Crippen LogP contribution in [0.2, 0.25) is 0 Å². The smallest absolute Gasteiger partial charge is 0.277 e. The Hall–Kier alpha value is -2.52. The van der Waals surface area contributed by atoms with Crippen molar-refractivity contribution in [1.29, 1.82) is 0 Å². The Kier molecular flexibility index (Phi) is 4.09. The quantitative estimate of drug-likeness (QED) is 0.493. The molecule has 0 aliphatic rings. The molecule has 4 heterocycles. The third-order valence-electron chi connectivity index (χ3n) is 3.11. The molecule has 0 fully saturated rings. The summed E-state index contributed by atoms with van der Waals surface area (Å²) in [7, 11) is 0. The lowest BCUT2D eigenvalue weighted by Crippen LogP contribution is -1.88. The molecule has 0 saturated carbocycles. The van der Waals surface area contributed by atoms with Gasteiger partial charge in [0.2, 0.25) is 11.8 Å². The summed E-state index contributed by atoms with van der Waals surface area (Å²) < 4.78 is 11.4. The van der Waals surface area contributed by atoms with Crippen LogP contribution in [0.15, 0.2) is 56.1 Å². The zero-order valence-corrected chi connectivity index (χ0v) is 14.1. The number of pyridine rings is 1. The van der Waals surface area contributed by atoms with E-state index >= 15 is 0 Å². The molecule has 4 aromatic rings. The van der Waals surface area contributed by atoms with E-state index < -0.39 is 0 Å². The fourth-order valence-corrected chi connectivity index (χ4v) is 3.32. The molecule has 0 bridgehead atoms. The van der Waals surface area contributed by atoms with Crippen molar-refractivity contribution in [1.82, 2.24) is 25.4 Å². The first-order valence-electron chi connectivity index (χ1n) is 7.07. The summed E-state index contributed by atoms with van der Waals surface area (Å²) in [5.74, 6) is 1.47. The van der Waals surface area contributed by atoms with Crippen molar-refractivity contribution in [2.75, 3.05) is 0 Å². The molecule has 7 nitrogen and oxygen atoms in total. The van der Waals surface area contributed by atoms with Gasteiger partial charge in [0.05, 0.1) is 15.7 Å². The van der Waals surface area contributed by atoms with Gasteiger partial charge in [-0.15, -0.1) is 31.7 Å². The van der Waals surface area contributed by atoms with E-state index in [4.69, 9.17) is 8.83 Å². The van der Waals surface area contributed by atoms with E-state index in [0.717, 1.165) is 10.4 Å². The van der Waals surface area contributed by atoms with Gasteiger partial charge < -0.3 is 8.83 Å². The van der Waals surface area contributed by atoms with Gasteiger partial charge in [-0.1, -0.05) is 17.8 Å². The van der Waals surface area contributed by atoms with Crippen molar-refractivity contribution in [2.45, 2.75) is 17.4 Å². The van der Waals surface area contributed by atoms with Gasteiger partial charge >= 0.3 is 0 Å². The first-order valence-corrected chi connectivity index (χ1v) is 8.83. The Balaban J connectivity index is 1.49. The second-order valence-corrected chi connectivity index (χ2v) is 7.04. The van der Waals surface area contributed by atoms with Crippen molar-refractivity contribution in [3.05, 3.63) is 47.9 Å². The second kappa shape index (κ2) is 6.54. The van der Waals surface area contributed by atoms with Gasteiger partial charge in [0.25, 0.3) is 11.1 Å². The molecule has 0 N–H and O–H groups in total. The average Bonchev–Trinajstić information content (AvgIpc) is 3.36. The SMILES string of the molecule is C[C@@H](Sc1nnc(-c2cccnc2)o1)c1nnc(-c2cccs2)o1. The lowest BCUT2D eigenvalue weighted by Gasteiger charge is -2.01. The molecule has 24 heavy (non-hydrogen) atoms. The van der Waals surface area contributed by atoms with Crippen molar-refractivity contribution in [2.24, 2.45) is 0 Å². The third kappa shape index (κ3) is 3.08. The molecular formula is C15H11N5O2S2. The lowest BCUT2D eigenvalue weighted by molar-refractivity contribution is 0.461. The Labute approximate surface area is 145 Å². The van der Waals surface area contributed by atoms with Crippen LogP contribution in [0.3, 0.4) is 0 Å². The molecule has 1 atom stereocenters. The maximum atomic E-state index is 5.72. The van der Waals surface area contributed by atoms with Gasteiger partial charge in [0.15, 0.2) is 0 Å². The molecule has 0 spiro atoms. The van der Waals surface area contributed by atoms with E-state index in [9.17, 15) is 0 Å². The normalized spacial score (nSPS) is 12.4. The summed E-state index contributed by atoms with van der Waals surface area (Å²) in [6.45, 7) is 1.95. The lowest BCUT2D eigenvalue weighted by atomic mass is 10.3. The van der Waals surface area contributed by atoms with Gasteiger partial charge in [-0.3, -0.25) is 4.98 Å². The van der Waals surface area contributed by atoms with Crippen LogP contribution in [-0.4, -0.2) is 25.4 Å². The number of aromatic nitrogens is 5. The van der Waals surface area contributed by atoms with Crippen molar-refractivity contribution < 1.29 is 8.83 Å². The van der Waals surface area contributed by atoms with Gasteiger partial charge in [-0.05, 0) is 30.5 Å². The number of thioether (sulfide) groups is 1. The van der Waals surface area contributed by atoms with Gasteiger partial charge in [-0.25, -0.2) is 0 Å². The summed E-state index contributed by atoms with van der Waals surface area (Å²) in [5.41, 5.74) is 0.780. The highest BCUT2D eigenvalue weighted by molar-refractivity contribution is 7.99. The van der Waals surface area contributed by atoms with E-state index in [1.54, 1.807) is 23.7 Å². The van der Waals surface area contributed by atoms with Crippen LogP contribution in [0, 0.1) is 0 Å². The maximum absolute atomic E-state index is 5.72. The number of nitrogens with zero attached hydrogens (tertiary/aromatic N) is 5. The summed E-state index contributed by atoms with van der Waals surface area (Å²) >= 11 is 2.93. The second-order valence-electron chi connectivity index (χ2n) is 4.80. The van der Waals surface area contributed by atoms with Crippen LogP contribution in [0.5, 0.6) is 0 Å². The van der Waals surface area contributed by atoms with Gasteiger partial charge in [0, 0.05) is 12.4 Å². The van der Waals surface area contributed by atoms with E-state index in [1.165, 1.54) is 11.8 Å². The molecule has 0 unspecified atom stereocenters. The fraction of sp³-hybridized carbons (Fsp3) is 0.133. The maximum Gasteiger partial charge on any atom is 0.277 e. The van der Waals surface area contributed by atoms with E-state index in [2.05, 4.69) is 25.4 Å². The number of hydrogen-bond acceptors (Lipinski definition) is 9. The highest BCUT2D eigenvalue weighted by Gasteiger charge is 2.20. The van der Waals surface area contributed by atoms with Crippen LogP contribution >= 0.6 is 23.1 Å². The Morgan fingerprint density at radius 3 is 2.75 bits per heavy atom. The van der Waals surface area contributed by atoms with Crippen LogP contribution in [-0.2, 0) is 0 Å². The molecule has 0 aromatic carbocycles. The number of thiophene rings is 1. The van der Waals surface area contributed by atoms with Crippen molar-refractivity contribution in [3.8, 4) is 22.2 Å². The standard InChI is InChI=1S/C15H11N5O2S2/c1-9(12-17-19-14(21-12)11-5-3-7-23-11)24-15-20-18-13(22-15)10-4-2-6-16-8-10/h2-9H,1H3/t9-/m1/s1. The zero-order valence-electron chi connectivity index (χ0n) is 12.5. The molecule has 0 aliphatic carbocycles. The van der Waals surface area contributed by atoms with E-state index in [0.29, 0.717) is 22.9 Å². The van der Waals surface area contributed by atoms with Crippen LogP contribution in [0.1, 0.15) is 18.1 Å². The summed E-state index contributed by atoms with van der Waals surface area (Å²) in [6, 6.07) is 7.57. The van der Waals surface area contributed by atoms with E-state index in [-0.39, 0.29) is 5.25 Å². The Bertz CT molecular complexity index is 920. The predicted octanol–water partition coefficient (Wildman–Crippen LogP) is 4.10. The summed E-state index contributed by atoms with van der Waals surface area (Å²) in [6.07, 6.45) is 3.37. The number of rotatable bonds is 5. The van der Waals surface area contributed by atoms with Crippen LogP contribution in [0.4, 0.5) is 0 Å². The Morgan fingerprint density at radius 1 is 1.04 bits per heavy atom. The minimum absolute atomic E-state index is 0.103. The third-order valence-corrected chi connectivity index (χ3v) is 4.89. The molecule has 120 valence electrons.